The van der Waals surface area contributed by atoms with Gasteiger partial charge in [-0.2, -0.15) is 11.8 Å². The minimum atomic E-state index is -1.14. The number of rotatable bonds is 13. The molecule has 32 heavy (non-hydrogen) atoms. The van der Waals surface area contributed by atoms with Crippen LogP contribution >= 0.6 is 11.8 Å². The lowest BCUT2D eigenvalue weighted by Crippen LogP contribution is -2.56. The zero-order chi connectivity index (χ0) is 24.3. The zero-order valence-corrected chi connectivity index (χ0v) is 19.7. The fourth-order valence-corrected chi connectivity index (χ4v) is 3.89. The van der Waals surface area contributed by atoms with Gasteiger partial charge in [0.2, 0.25) is 23.6 Å². The summed E-state index contributed by atoms with van der Waals surface area (Å²) in [6.45, 7) is 3.50. The minimum absolute atomic E-state index is 0.192. The van der Waals surface area contributed by atoms with Gasteiger partial charge in [-0.1, -0.05) is 20.3 Å². The molecule has 4 atom stereocenters. The maximum Gasteiger partial charge on any atom is 0.326 e. The first-order valence-corrected chi connectivity index (χ1v) is 12.1. The van der Waals surface area contributed by atoms with E-state index in [1.54, 1.807) is 6.92 Å². The smallest absolute Gasteiger partial charge is 0.326 e. The van der Waals surface area contributed by atoms with Crippen LogP contribution in [0.2, 0.25) is 0 Å². The number of aliphatic carboxylic acids is 1. The van der Waals surface area contributed by atoms with Crippen LogP contribution in [0.15, 0.2) is 0 Å². The molecule has 1 aliphatic rings. The number of nitrogens with one attached hydrogen (secondary N) is 3. The van der Waals surface area contributed by atoms with E-state index in [0.717, 1.165) is 0 Å². The number of carboxylic acid groups (broad SMARTS) is 1. The molecule has 0 aromatic heterocycles. The highest BCUT2D eigenvalue weighted by molar-refractivity contribution is 7.98. The third-order valence-corrected chi connectivity index (χ3v) is 6.15. The molecule has 1 fully saturated rings. The zero-order valence-electron chi connectivity index (χ0n) is 18.9. The quantitative estimate of drug-likeness (QED) is 0.224. The SMILES string of the molecule is CC[C@H](C)[C@H](NC(=O)[C@@H]1CCCN1C(=O)CN)C(=O)NCC(=O)N[C@@H](CCSC)C(=O)O. The first kappa shape index (κ1) is 27.7. The molecule has 0 aromatic carbocycles. The van der Waals surface area contributed by atoms with Gasteiger partial charge < -0.3 is 31.7 Å². The summed E-state index contributed by atoms with van der Waals surface area (Å²) in [6.07, 6.45) is 3.85. The number of carboxylic acids is 1. The number of thioether (sulfide) groups is 1. The Morgan fingerprint density at radius 2 is 1.91 bits per heavy atom. The average molecular weight is 474 g/mol. The first-order valence-electron chi connectivity index (χ1n) is 10.7. The summed E-state index contributed by atoms with van der Waals surface area (Å²) in [4.78, 5) is 62.3. The molecule has 1 saturated heterocycles. The summed E-state index contributed by atoms with van der Waals surface area (Å²) in [5.74, 6) is -2.73. The van der Waals surface area contributed by atoms with Gasteiger partial charge in [-0.05, 0) is 37.2 Å². The topological polar surface area (TPSA) is 171 Å². The van der Waals surface area contributed by atoms with Crippen molar-refractivity contribution in [3.05, 3.63) is 0 Å². The van der Waals surface area contributed by atoms with Crippen LogP contribution in [0.25, 0.3) is 0 Å². The van der Waals surface area contributed by atoms with Gasteiger partial charge in [0.1, 0.15) is 18.1 Å². The number of likely N-dealkylation sites (tertiary alicyclic amines) is 1. The third-order valence-electron chi connectivity index (χ3n) is 5.51. The normalized spacial score (nSPS) is 18.4. The van der Waals surface area contributed by atoms with E-state index in [0.29, 0.717) is 31.6 Å². The summed E-state index contributed by atoms with van der Waals surface area (Å²) in [6, 6.07) is -2.62. The van der Waals surface area contributed by atoms with Gasteiger partial charge in [0.05, 0.1) is 13.1 Å². The predicted molar refractivity (Wildman–Crippen MR) is 121 cm³/mol. The minimum Gasteiger partial charge on any atom is -0.480 e. The van der Waals surface area contributed by atoms with Crippen molar-refractivity contribution in [2.45, 2.75) is 57.7 Å². The monoisotopic (exact) mass is 473 g/mol. The third kappa shape index (κ3) is 8.30. The Morgan fingerprint density at radius 3 is 2.47 bits per heavy atom. The van der Waals surface area contributed by atoms with Crippen LogP contribution in [-0.2, 0) is 24.0 Å². The van der Waals surface area contributed by atoms with Gasteiger partial charge in [-0.15, -0.1) is 0 Å². The van der Waals surface area contributed by atoms with Crippen molar-refractivity contribution in [3.8, 4) is 0 Å². The van der Waals surface area contributed by atoms with Crippen molar-refractivity contribution < 1.29 is 29.1 Å². The molecule has 0 saturated carbocycles. The number of hydrogen-bond acceptors (Lipinski definition) is 7. The summed E-state index contributed by atoms with van der Waals surface area (Å²) in [5.41, 5.74) is 5.42. The number of carbonyl (C=O) groups excluding carboxylic acids is 4. The Labute approximate surface area is 192 Å². The molecule has 11 nitrogen and oxygen atoms in total. The van der Waals surface area contributed by atoms with E-state index in [-0.39, 0.29) is 24.8 Å². The molecular weight excluding hydrogens is 438 g/mol. The van der Waals surface area contributed by atoms with Crippen LogP contribution in [0.1, 0.15) is 39.5 Å². The lowest BCUT2D eigenvalue weighted by molar-refractivity contribution is -0.141. The Balaban J connectivity index is 2.72. The van der Waals surface area contributed by atoms with Crippen LogP contribution in [0.4, 0.5) is 0 Å². The maximum absolute atomic E-state index is 12.8. The molecular formula is C20H35N5O6S. The average Bonchev–Trinajstić information content (AvgIpc) is 3.27. The second kappa shape index (κ2) is 13.9. The Bertz CT molecular complexity index is 691. The standard InChI is InChI=1S/C20H35N5O6S/c1-4-12(2)17(24-18(28)14-6-5-8-25(14)16(27)10-21)19(29)22-11-15(26)23-13(20(30)31)7-9-32-3/h12-14,17H,4-11,21H2,1-3H3,(H,22,29)(H,23,26)(H,24,28)(H,30,31)/t12-,13-,14-,17-/m0/s1. The second-order valence-electron chi connectivity index (χ2n) is 7.78. The molecule has 0 unspecified atom stereocenters. The molecule has 1 heterocycles. The van der Waals surface area contributed by atoms with Gasteiger partial charge in [-0.25, -0.2) is 4.79 Å². The van der Waals surface area contributed by atoms with Crippen LogP contribution in [0, 0.1) is 5.92 Å². The number of nitrogens with zero attached hydrogens (tertiary/aromatic N) is 1. The largest absolute Gasteiger partial charge is 0.480 e. The molecule has 12 heteroatoms. The first-order chi connectivity index (χ1) is 15.2. The van der Waals surface area contributed by atoms with Crippen LogP contribution in [0.3, 0.4) is 0 Å². The summed E-state index contributed by atoms with van der Waals surface area (Å²) < 4.78 is 0. The van der Waals surface area contributed by atoms with Crippen molar-refractivity contribution in [1.29, 1.82) is 0 Å². The van der Waals surface area contributed by atoms with Crippen molar-refractivity contribution in [3.63, 3.8) is 0 Å². The Hall–Kier alpha value is -2.34. The molecule has 4 amide bonds. The van der Waals surface area contributed by atoms with Gasteiger partial charge in [0, 0.05) is 6.54 Å². The molecule has 0 radical (unpaired) electrons. The fourth-order valence-electron chi connectivity index (χ4n) is 3.42. The maximum atomic E-state index is 12.8. The van der Waals surface area contributed by atoms with E-state index in [2.05, 4.69) is 16.0 Å². The van der Waals surface area contributed by atoms with E-state index in [1.165, 1.54) is 16.7 Å². The Kier molecular flexibility index (Phi) is 12.1. The van der Waals surface area contributed by atoms with E-state index < -0.39 is 48.4 Å². The van der Waals surface area contributed by atoms with Crippen LogP contribution in [-0.4, -0.2) is 89.4 Å². The van der Waals surface area contributed by atoms with Gasteiger partial charge in [-0.3, -0.25) is 19.2 Å². The number of carbonyl (C=O) groups is 5. The molecule has 182 valence electrons. The van der Waals surface area contributed by atoms with Crippen LogP contribution < -0.4 is 21.7 Å². The van der Waals surface area contributed by atoms with E-state index >= 15 is 0 Å². The van der Waals surface area contributed by atoms with E-state index in [9.17, 15) is 29.1 Å². The highest BCUT2D eigenvalue weighted by Crippen LogP contribution is 2.18. The van der Waals surface area contributed by atoms with Crippen molar-refractivity contribution >= 4 is 41.4 Å². The van der Waals surface area contributed by atoms with Gasteiger partial charge in [0.25, 0.3) is 0 Å². The van der Waals surface area contributed by atoms with Crippen LogP contribution in [0.5, 0.6) is 0 Å². The molecule has 0 bridgehead atoms. The van der Waals surface area contributed by atoms with Crippen molar-refractivity contribution in [1.82, 2.24) is 20.9 Å². The van der Waals surface area contributed by atoms with E-state index in [1.807, 2.05) is 13.2 Å². The lowest BCUT2D eigenvalue weighted by Gasteiger charge is -2.28. The lowest BCUT2D eigenvalue weighted by atomic mass is 9.97. The molecule has 0 spiro atoms. The number of hydrogen-bond donors (Lipinski definition) is 5. The fraction of sp³-hybridized carbons (Fsp3) is 0.750. The summed E-state index contributed by atoms with van der Waals surface area (Å²) in [7, 11) is 0. The Morgan fingerprint density at radius 1 is 1.22 bits per heavy atom. The molecule has 1 aliphatic heterocycles. The van der Waals surface area contributed by atoms with Crippen molar-refractivity contribution in [2.75, 3.05) is 31.6 Å². The predicted octanol–water partition coefficient (Wildman–Crippen LogP) is -1.09. The molecule has 1 rings (SSSR count). The molecule has 0 aromatic rings. The van der Waals surface area contributed by atoms with Gasteiger partial charge in [0.15, 0.2) is 0 Å². The van der Waals surface area contributed by atoms with Crippen molar-refractivity contribution in [2.24, 2.45) is 11.7 Å². The number of nitrogens with two attached hydrogens (primary N) is 1. The number of amides is 4. The highest BCUT2D eigenvalue weighted by Gasteiger charge is 2.36. The van der Waals surface area contributed by atoms with Gasteiger partial charge >= 0.3 is 5.97 Å². The highest BCUT2D eigenvalue weighted by atomic mass is 32.2. The summed E-state index contributed by atoms with van der Waals surface area (Å²) >= 11 is 1.47. The summed E-state index contributed by atoms with van der Waals surface area (Å²) in [5, 5.41) is 16.8. The van der Waals surface area contributed by atoms with E-state index in [4.69, 9.17) is 5.73 Å². The second-order valence-corrected chi connectivity index (χ2v) is 8.76. The molecule has 0 aliphatic carbocycles. The molecule has 6 N–H and O–H groups in total.